The molecule has 2 heterocycles. The van der Waals surface area contributed by atoms with Gasteiger partial charge in [0.05, 0.1) is 0 Å². The van der Waals surface area contributed by atoms with E-state index in [-0.39, 0.29) is 0 Å². The van der Waals surface area contributed by atoms with Crippen molar-refractivity contribution in [1.29, 1.82) is 0 Å². The van der Waals surface area contributed by atoms with Crippen LogP contribution in [0.15, 0.2) is 28.9 Å². The van der Waals surface area contributed by atoms with Gasteiger partial charge in [-0.25, -0.2) is 4.98 Å². The van der Waals surface area contributed by atoms with Gasteiger partial charge in [-0.15, -0.1) is 0 Å². The first-order valence-corrected chi connectivity index (χ1v) is 8.80. The smallest absolute Gasteiger partial charge is 0.215 e. The highest BCUT2D eigenvalue weighted by molar-refractivity contribution is 9.10. The Labute approximate surface area is 140 Å². The molecule has 3 rings (SSSR count). The Bertz CT molecular complexity index is 658. The van der Waals surface area contributed by atoms with Crippen molar-refractivity contribution in [2.24, 2.45) is 11.3 Å². The highest BCUT2D eigenvalue weighted by atomic mass is 79.9. The number of nitrogens with zero attached hydrogens (tertiary/aromatic N) is 2. The molecule has 0 radical (unpaired) electrons. The summed E-state index contributed by atoms with van der Waals surface area (Å²) < 4.78 is 7.06. The molecule has 2 aromatic rings. The number of hydrogen-bond acceptors (Lipinski definition) is 3. The van der Waals surface area contributed by atoms with Crippen molar-refractivity contribution in [2.75, 3.05) is 0 Å². The molecule has 0 unspecified atom stereocenters. The van der Waals surface area contributed by atoms with Gasteiger partial charge in [0.25, 0.3) is 0 Å². The second-order valence-corrected chi connectivity index (χ2v) is 8.22. The van der Waals surface area contributed by atoms with Crippen LogP contribution in [0.4, 0.5) is 0 Å². The van der Waals surface area contributed by atoms with E-state index in [1.807, 2.05) is 18.2 Å². The number of ether oxygens (including phenoxy) is 1. The van der Waals surface area contributed by atoms with E-state index >= 15 is 0 Å². The molecule has 2 aromatic heterocycles. The molecule has 0 aliphatic heterocycles. The first kappa shape index (κ1) is 15.7. The lowest BCUT2D eigenvalue weighted by molar-refractivity contribution is 0.0854. The van der Waals surface area contributed by atoms with E-state index in [1.165, 1.54) is 12.8 Å². The van der Waals surface area contributed by atoms with Crippen LogP contribution in [0.1, 0.15) is 46.5 Å². The third kappa shape index (κ3) is 3.60. The summed E-state index contributed by atoms with van der Waals surface area (Å²) in [4.78, 5) is 8.86. The number of rotatable bonds is 2. The lowest BCUT2D eigenvalue weighted by Gasteiger charge is -2.36. The van der Waals surface area contributed by atoms with Crippen LogP contribution in [0.2, 0.25) is 0 Å². The van der Waals surface area contributed by atoms with Crippen LogP contribution < -0.4 is 4.74 Å². The van der Waals surface area contributed by atoms with Crippen LogP contribution >= 0.6 is 15.9 Å². The molecule has 0 spiro atoms. The minimum atomic E-state index is 0.291. The summed E-state index contributed by atoms with van der Waals surface area (Å²) in [6.45, 7) is 7.02. The Morgan fingerprint density at radius 3 is 2.55 bits per heavy atom. The molecule has 1 saturated carbocycles. The average Bonchev–Trinajstić information content (AvgIpc) is 2.47. The van der Waals surface area contributed by atoms with Crippen molar-refractivity contribution >= 4 is 27.0 Å². The van der Waals surface area contributed by atoms with Gasteiger partial charge in [0.2, 0.25) is 5.88 Å². The molecular formula is C18H23BrN2O. The Balaban J connectivity index is 1.66. The van der Waals surface area contributed by atoms with Crippen molar-refractivity contribution in [3.63, 3.8) is 0 Å². The fourth-order valence-electron chi connectivity index (χ4n) is 3.25. The third-order valence-corrected chi connectivity index (χ3v) is 5.10. The normalized spacial score (nSPS) is 22.7. The highest BCUT2D eigenvalue weighted by Crippen LogP contribution is 2.38. The zero-order chi connectivity index (χ0) is 15.7. The molecule has 118 valence electrons. The molecule has 0 saturated heterocycles. The van der Waals surface area contributed by atoms with E-state index in [2.05, 4.69) is 46.7 Å². The fraction of sp³-hybridized carbons (Fsp3) is 0.556. The predicted octanol–water partition coefficient (Wildman–Crippen LogP) is 5.38. The van der Waals surface area contributed by atoms with Gasteiger partial charge in [0.1, 0.15) is 6.10 Å². The number of pyridine rings is 2. The molecule has 3 nitrogen and oxygen atoms in total. The van der Waals surface area contributed by atoms with Crippen molar-refractivity contribution in [3.05, 3.63) is 28.9 Å². The zero-order valence-electron chi connectivity index (χ0n) is 13.5. The largest absolute Gasteiger partial charge is 0.474 e. The molecule has 0 N–H and O–H groups in total. The lowest BCUT2D eigenvalue weighted by atomic mass is 9.72. The maximum absolute atomic E-state index is 6.09. The summed E-state index contributed by atoms with van der Waals surface area (Å²) in [5.41, 5.74) is 1.15. The van der Waals surface area contributed by atoms with Crippen LogP contribution in [0, 0.1) is 11.3 Å². The Kier molecular flexibility index (Phi) is 4.40. The fourth-order valence-corrected chi connectivity index (χ4v) is 3.60. The average molecular weight is 363 g/mol. The van der Waals surface area contributed by atoms with E-state index in [4.69, 9.17) is 4.74 Å². The summed E-state index contributed by atoms with van der Waals surface area (Å²) in [6.07, 6.45) is 6.79. The van der Waals surface area contributed by atoms with Crippen molar-refractivity contribution in [3.8, 4) is 5.88 Å². The number of halogens is 1. The minimum Gasteiger partial charge on any atom is -0.474 e. The third-order valence-electron chi connectivity index (χ3n) is 4.67. The Hall–Kier alpha value is -1.16. The SMILES string of the molecule is CC(C)(C)C1CCC(Oc2ccc3cc(Br)cnc3n2)CC1. The quantitative estimate of drug-likeness (QED) is 0.719. The first-order valence-electron chi connectivity index (χ1n) is 8.01. The van der Waals surface area contributed by atoms with Gasteiger partial charge in [-0.3, -0.25) is 0 Å². The molecule has 0 atom stereocenters. The molecule has 1 aliphatic rings. The standard InChI is InChI=1S/C18H23BrN2O/c1-18(2,3)13-5-7-15(8-6-13)22-16-9-4-12-10-14(19)11-20-17(12)21-16/h4,9-11,13,15H,5-8H2,1-3H3. The summed E-state index contributed by atoms with van der Waals surface area (Å²) >= 11 is 3.43. The molecule has 22 heavy (non-hydrogen) atoms. The number of aromatic nitrogens is 2. The molecule has 1 fully saturated rings. The second-order valence-electron chi connectivity index (χ2n) is 7.31. The van der Waals surface area contributed by atoms with E-state index in [0.717, 1.165) is 34.3 Å². The van der Waals surface area contributed by atoms with Crippen LogP contribution in [-0.2, 0) is 0 Å². The van der Waals surface area contributed by atoms with Crippen LogP contribution in [0.3, 0.4) is 0 Å². The molecular weight excluding hydrogens is 340 g/mol. The van der Waals surface area contributed by atoms with E-state index in [9.17, 15) is 0 Å². The van der Waals surface area contributed by atoms with Gasteiger partial charge in [-0.05, 0) is 65.1 Å². The topological polar surface area (TPSA) is 35.0 Å². The molecule has 0 bridgehead atoms. The van der Waals surface area contributed by atoms with Crippen LogP contribution in [0.25, 0.3) is 11.0 Å². The van der Waals surface area contributed by atoms with E-state index < -0.39 is 0 Å². The van der Waals surface area contributed by atoms with Gasteiger partial charge in [-0.2, -0.15) is 4.98 Å². The Morgan fingerprint density at radius 1 is 1.14 bits per heavy atom. The number of fused-ring (bicyclic) bond motifs is 1. The Morgan fingerprint density at radius 2 is 1.86 bits per heavy atom. The molecule has 0 aromatic carbocycles. The molecule has 0 amide bonds. The predicted molar refractivity (Wildman–Crippen MR) is 93.1 cm³/mol. The van der Waals surface area contributed by atoms with Gasteiger partial charge >= 0.3 is 0 Å². The summed E-state index contributed by atoms with van der Waals surface area (Å²) in [7, 11) is 0. The monoisotopic (exact) mass is 362 g/mol. The molecule has 1 aliphatic carbocycles. The molecule has 4 heteroatoms. The van der Waals surface area contributed by atoms with Gasteiger partial charge in [-0.1, -0.05) is 20.8 Å². The minimum absolute atomic E-state index is 0.291. The maximum atomic E-state index is 6.09. The highest BCUT2D eigenvalue weighted by Gasteiger charge is 2.30. The van der Waals surface area contributed by atoms with Crippen LogP contribution in [0.5, 0.6) is 5.88 Å². The first-order chi connectivity index (χ1) is 10.4. The number of hydrogen-bond donors (Lipinski definition) is 0. The van der Waals surface area contributed by atoms with Gasteiger partial charge in [0.15, 0.2) is 5.65 Å². The maximum Gasteiger partial charge on any atom is 0.215 e. The second kappa shape index (κ2) is 6.15. The van der Waals surface area contributed by atoms with Crippen molar-refractivity contribution in [2.45, 2.75) is 52.6 Å². The van der Waals surface area contributed by atoms with Crippen LogP contribution in [-0.4, -0.2) is 16.1 Å². The van der Waals surface area contributed by atoms with E-state index in [1.54, 1.807) is 6.20 Å². The van der Waals surface area contributed by atoms with Crippen molar-refractivity contribution in [1.82, 2.24) is 9.97 Å². The summed E-state index contributed by atoms with van der Waals surface area (Å²) in [6, 6.07) is 6.00. The van der Waals surface area contributed by atoms with Gasteiger partial charge in [0, 0.05) is 22.1 Å². The lowest BCUT2D eigenvalue weighted by Crippen LogP contribution is -2.30. The van der Waals surface area contributed by atoms with E-state index in [0.29, 0.717) is 17.4 Å². The van der Waals surface area contributed by atoms with Gasteiger partial charge < -0.3 is 4.74 Å². The summed E-state index contributed by atoms with van der Waals surface area (Å²) in [5, 5.41) is 1.03. The van der Waals surface area contributed by atoms with Crippen molar-refractivity contribution < 1.29 is 4.74 Å². The zero-order valence-corrected chi connectivity index (χ0v) is 15.1. The summed E-state index contributed by atoms with van der Waals surface area (Å²) in [5.74, 6) is 1.50.